The highest BCUT2D eigenvalue weighted by Gasteiger charge is 2.23. The van der Waals surface area contributed by atoms with E-state index < -0.39 is 0 Å². The lowest BCUT2D eigenvalue weighted by Gasteiger charge is -2.24. The second-order valence-corrected chi connectivity index (χ2v) is 6.72. The fourth-order valence-electron chi connectivity index (χ4n) is 2.60. The number of anilines is 1. The first kappa shape index (κ1) is 13.6. The normalized spacial score (nSPS) is 17.6. The molecule has 6 heteroatoms. The van der Waals surface area contributed by atoms with E-state index in [4.69, 9.17) is 0 Å². The molecule has 1 heterocycles. The molecule has 3 rings (SSSR count). The predicted molar refractivity (Wildman–Crippen MR) is 84.4 cm³/mol. The molecule has 0 radical (unpaired) electrons. The molecule has 0 spiro atoms. The van der Waals surface area contributed by atoms with Crippen molar-refractivity contribution in [3.8, 4) is 0 Å². The molecule has 20 heavy (non-hydrogen) atoms. The number of aryl methyl sites for hydroxylation is 1. The zero-order chi connectivity index (χ0) is 14.1. The van der Waals surface area contributed by atoms with Crippen LogP contribution in [0.4, 0.5) is 11.4 Å². The van der Waals surface area contributed by atoms with Gasteiger partial charge in [-0.2, -0.15) is 0 Å². The second-order valence-electron chi connectivity index (χ2n) is 4.81. The molecular weight excluding hydrogens is 340 g/mol. The van der Waals surface area contributed by atoms with E-state index in [1.807, 2.05) is 6.07 Å². The van der Waals surface area contributed by atoms with Crippen molar-refractivity contribution in [2.75, 3.05) is 5.32 Å². The number of rotatable bonds is 3. The summed E-state index contributed by atoms with van der Waals surface area (Å²) >= 11 is 5.05. The van der Waals surface area contributed by atoms with Crippen molar-refractivity contribution in [2.45, 2.75) is 25.3 Å². The second kappa shape index (κ2) is 5.54. The third-order valence-electron chi connectivity index (χ3n) is 3.54. The van der Waals surface area contributed by atoms with Gasteiger partial charge in [-0.05, 0) is 48.4 Å². The molecule has 0 bridgehead atoms. The molecule has 0 aliphatic heterocycles. The van der Waals surface area contributed by atoms with Crippen LogP contribution in [0.2, 0.25) is 0 Å². The van der Waals surface area contributed by atoms with Gasteiger partial charge in [-0.1, -0.05) is 15.9 Å². The van der Waals surface area contributed by atoms with E-state index in [2.05, 4.69) is 32.7 Å². The zero-order valence-corrected chi connectivity index (χ0v) is 13.0. The molecule has 1 aliphatic carbocycles. The molecule has 0 fully saturated rings. The molecule has 1 atom stereocenters. The van der Waals surface area contributed by atoms with Gasteiger partial charge in [0.05, 0.1) is 11.0 Å². The van der Waals surface area contributed by atoms with Crippen LogP contribution in [0.1, 0.15) is 29.3 Å². The van der Waals surface area contributed by atoms with Crippen LogP contribution < -0.4 is 5.32 Å². The van der Waals surface area contributed by atoms with Gasteiger partial charge in [-0.15, -0.1) is 11.3 Å². The average Bonchev–Trinajstić information content (AvgIpc) is 2.90. The third kappa shape index (κ3) is 2.58. The number of nitro groups is 1. The Morgan fingerprint density at radius 2 is 2.25 bits per heavy atom. The number of nitrogens with zero attached hydrogens (tertiary/aromatic N) is 1. The van der Waals surface area contributed by atoms with E-state index in [0.29, 0.717) is 5.69 Å². The first-order chi connectivity index (χ1) is 9.65. The summed E-state index contributed by atoms with van der Waals surface area (Å²) in [5.41, 5.74) is 1.99. The van der Waals surface area contributed by atoms with Crippen LogP contribution in [-0.4, -0.2) is 4.92 Å². The van der Waals surface area contributed by atoms with Crippen molar-refractivity contribution >= 4 is 38.6 Å². The number of fused-ring (bicyclic) bond motifs is 1. The fourth-order valence-corrected chi connectivity index (χ4v) is 3.94. The fraction of sp³-hybridized carbons (Fsp3) is 0.286. The van der Waals surface area contributed by atoms with Crippen molar-refractivity contribution in [2.24, 2.45) is 0 Å². The van der Waals surface area contributed by atoms with Crippen LogP contribution in [0, 0.1) is 10.1 Å². The highest BCUT2D eigenvalue weighted by atomic mass is 79.9. The molecule has 1 N–H and O–H groups in total. The van der Waals surface area contributed by atoms with E-state index in [-0.39, 0.29) is 16.7 Å². The van der Waals surface area contributed by atoms with Crippen LogP contribution in [0.25, 0.3) is 0 Å². The highest BCUT2D eigenvalue weighted by Crippen LogP contribution is 2.38. The van der Waals surface area contributed by atoms with E-state index in [0.717, 1.165) is 23.7 Å². The summed E-state index contributed by atoms with van der Waals surface area (Å²) < 4.78 is 0.717. The molecule has 0 amide bonds. The Morgan fingerprint density at radius 3 is 3.05 bits per heavy atom. The molecule has 104 valence electrons. The van der Waals surface area contributed by atoms with Crippen LogP contribution in [0.15, 0.2) is 34.1 Å². The Hall–Kier alpha value is -1.40. The number of hydrogen-bond acceptors (Lipinski definition) is 4. The summed E-state index contributed by atoms with van der Waals surface area (Å²) in [5, 5.41) is 16.6. The minimum atomic E-state index is -0.343. The van der Waals surface area contributed by atoms with Crippen LogP contribution >= 0.6 is 27.3 Å². The maximum Gasteiger partial charge on any atom is 0.293 e. The number of thiophene rings is 1. The van der Waals surface area contributed by atoms with Gasteiger partial charge < -0.3 is 5.32 Å². The minimum absolute atomic E-state index is 0.113. The molecule has 1 unspecified atom stereocenters. The Balaban J connectivity index is 1.92. The van der Waals surface area contributed by atoms with E-state index in [1.165, 1.54) is 10.4 Å². The van der Waals surface area contributed by atoms with Crippen molar-refractivity contribution < 1.29 is 4.92 Å². The Bertz CT molecular complexity index is 656. The summed E-state index contributed by atoms with van der Waals surface area (Å²) in [6.07, 6.45) is 3.25. The molecule has 1 aromatic carbocycles. The van der Waals surface area contributed by atoms with Crippen molar-refractivity contribution in [1.82, 2.24) is 0 Å². The lowest BCUT2D eigenvalue weighted by atomic mass is 9.94. The third-order valence-corrected chi connectivity index (χ3v) is 5.03. The van der Waals surface area contributed by atoms with E-state index >= 15 is 0 Å². The maximum absolute atomic E-state index is 11.2. The standard InChI is InChI=1S/C14H13BrN2O2S/c15-9-4-5-12(13(8-9)17(18)19)16-11-2-1-3-14-10(11)6-7-20-14/h4-8,11,16H,1-3H2. The SMILES string of the molecule is O=[N+]([O-])c1cc(Br)ccc1NC1CCCc2sccc21. The molecule has 2 aromatic rings. The number of hydrogen-bond donors (Lipinski definition) is 1. The molecule has 4 nitrogen and oxygen atoms in total. The van der Waals surface area contributed by atoms with Crippen LogP contribution in [0.5, 0.6) is 0 Å². The van der Waals surface area contributed by atoms with Gasteiger partial charge in [-0.25, -0.2) is 0 Å². The summed E-state index contributed by atoms with van der Waals surface area (Å²) in [6.45, 7) is 0. The topological polar surface area (TPSA) is 55.2 Å². The number of halogens is 1. The monoisotopic (exact) mass is 352 g/mol. The smallest absolute Gasteiger partial charge is 0.293 e. The van der Waals surface area contributed by atoms with Gasteiger partial charge in [0.1, 0.15) is 5.69 Å². The highest BCUT2D eigenvalue weighted by molar-refractivity contribution is 9.10. The molecule has 0 saturated carbocycles. The van der Waals surface area contributed by atoms with Gasteiger partial charge in [0, 0.05) is 15.4 Å². The van der Waals surface area contributed by atoms with Gasteiger partial charge in [0.2, 0.25) is 0 Å². The summed E-state index contributed by atoms with van der Waals surface area (Å²) in [6, 6.07) is 7.43. The number of nitro benzene ring substituents is 1. The van der Waals surface area contributed by atoms with Crippen LogP contribution in [0.3, 0.4) is 0 Å². The van der Waals surface area contributed by atoms with Gasteiger partial charge >= 0.3 is 0 Å². The Kier molecular flexibility index (Phi) is 3.76. The Labute approximate surface area is 129 Å². The first-order valence-corrected chi connectivity index (χ1v) is 8.09. The number of nitrogens with one attached hydrogen (secondary N) is 1. The van der Waals surface area contributed by atoms with Gasteiger partial charge in [0.25, 0.3) is 5.69 Å². The average molecular weight is 353 g/mol. The first-order valence-electron chi connectivity index (χ1n) is 6.42. The maximum atomic E-state index is 11.2. The van der Waals surface area contributed by atoms with Crippen molar-refractivity contribution in [1.29, 1.82) is 0 Å². The van der Waals surface area contributed by atoms with E-state index in [9.17, 15) is 10.1 Å². The lowest BCUT2D eigenvalue weighted by molar-refractivity contribution is -0.384. The zero-order valence-electron chi connectivity index (χ0n) is 10.6. The predicted octanol–water partition coefficient (Wildman–Crippen LogP) is 4.91. The van der Waals surface area contributed by atoms with Crippen molar-refractivity contribution in [3.63, 3.8) is 0 Å². The van der Waals surface area contributed by atoms with Gasteiger partial charge in [0.15, 0.2) is 0 Å². The molecular formula is C14H13BrN2O2S. The summed E-state index contributed by atoms with van der Waals surface area (Å²) in [4.78, 5) is 12.2. The number of benzene rings is 1. The lowest BCUT2D eigenvalue weighted by Crippen LogP contribution is -2.16. The summed E-state index contributed by atoms with van der Waals surface area (Å²) in [7, 11) is 0. The van der Waals surface area contributed by atoms with Crippen LogP contribution in [-0.2, 0) is 6.42 Å². The largest absolute Gasteiger partial charge is 0.373 e. The molecule has 1 aromatic heterocycles. The Morgan fingerprint density at radius 1 is 1.40 bits per heavy atom. The van der Waals surface area contributed by atoms with Crippen molar-refractivity contribution in [3.05, 3.63) is 54.7 Å². The van der Waals surface area contributed by atoms with Gasteiger partial charge in [-0.3, -0.25) is 10.1 Å². The molecule has 0 saturated heterocycles. The minimum Gasteiger partial charge on any atom is -0.373 e. The summed E-state index contributed by atoms with van der Waals surface area (Å²) in [5.74, 6) is 0. The van der Waals surface area contributed by atoms with E-state index in [1.54, 1.807) is 23.5 Å². The quantitative estimate of drug-likeness (QED) is 0.630. The molecule has 1 aliphatic rings.